The summed E-state index contributed by atoms with van der Waals surface area (Å²) in [5.41, 5.74) is 4.43. The van der Waals surface area contributed by atoms with Crippen LogP contribution in [-0.4, -0.2) is 21.0 Å². The summed E-state index contributed by atoms with van der Waals surface area (Å²) in [5, 5.41) is 11.2. The Hall–Kier alpha value is -2.84. The first-order valence-electron chi connectivity index (χ1n) is 5.56. The summed E-state index contributed by atoms with van der Waals surface area (Å²) >= 11 is 0. The van der Waals surface area contributed by atoms with Crippen LogP contribution in [0.25, 0.3) is 0 Å². The number of nitrogens with zero attached hydrogens (tertiary/aromatic N) is 3. The van der Waals surface area contributed by atoms with Crippen molar-refractivity contribution in [3.63, 3.8) is 0 Å². The molecular formula is C12H9F3N4O2. The molecule has 1 aromatic carbocycles. The molecule has 1 aromatic heterocycles. The van der Waals surface area contributed by atoms with Crippen molar-refractivity contribution in [3.05, 3.63) is 47.9 Å². The molecule has 0 radical (unpaired) electrons. The number of oxime groups is 1. The monoisotopic (exact) mass is 298 g/mol. The molecule has 110 valence electrons. The number of ether oxygens (including phenoxy) is 1. The second-order valence-electron chi connectivity index (χ2n) is 3.82. The van der Waals surface area contributed by atoms with E-state index in [1.165, 1.54) is 18.2 Å². The molecule has 0 aliphatic heterocycles. The smallest absolute Gasteiger partial charge is 0.419 e. The third kappa shape index (κ3) is 3.38. The van der Waals surface area contributed by atoms with Gasteiger partial charge in [0.2, 0.25) is 5.88 Å². The summed E-state index contributed by atoms with van der Waals surface area (Å²) in [6.07, 6.45) is -2.36. The number of amidine groups is 1. The van der Waals surface area contributed by atoms with Crippen LogP contribution in [0, 0.1) is 0 Å². The Kier molecular flexibility index (Phi) is 3.92. The van der Waals surface area contributed by atoms with Crippen LogP contribution < -0.4 is 10.5 Å². The van der Waals surface area contributed by atoms with Gasteiger partial charge < -0.3 is 15.7 Å². The van der Waals surface area contributed by atoms with Crippen LogP contribution in [0.4, 0.5) is 13.2 Å². The number of alkyl halides is 3. The first-order valence-corrected chi connectivity index (χ1v) is 5.56. The van der Waals surface area contributed by atoms with Crippen molar-refractivity contribution < 1.29 is 23.1 Å². The van der Waals surface area contributed by atoms with Gasteiger partial charge >= 0.3 is 6.18 Å². The molecule has 3 N–H and O–H groups in total. The molecule has 9 heteroatoms. The van der Waals surface area contributed by atoms with Gasteiger partial charge in [-0.1, -0.05) is 17.3 Å². The Bertz CT molecular complexity index is 656. The van der Waals surface area contributed by atoms with E-state index in [2.05, 4.69) is 15.1 Å². The fourth-order valence-electron chi connectivity index (χ4n) is 1.45. The van der Waals surface area contributed by atoms with Gasteiger partial charge in [-0.05, 0) is 12.1 Å². The van der Waals surface area contributed by atoms with Crippen LogP contribution in [0.3, 0.4) is 0 Å². The van der Waals surface area contributed by atoms with Crippen molar-refractivity contribution in [1.29, 1.82) is 0 Å². The largest absolute Gasteiger partial charge is 0.437 e. The van der Waals surface area contributed by atoms with E-state index in [0.717, 1.165) is 18.5 Å². The highest BCUT2D eigenvalue weighted by Crippen LogP contribution is 2.37. The third-order valence-corrected chi connectivity index (χ3v) is 2.41. The van der Waals surface area contributed by atoms with Crippen LogP contribution in [0.15, 0.2) is 41.8 Å². The van der Waals surface area contributed by atoms with E-state index in [1.54, 1.807) is 0 Å². The normalized spacial score (nSPS) is 12.2. The SMILES string of the molecule is NC(=NO)c1cnc(Oc2ccccc2C(F)(F)F)cn1. The van der Waals surface area contributed by atoms with E-state index in [-0.39, 0.29) is 17.4 Å². The maximum Gasteiger partial charge on any atom is 0.419 e. The van der Waals surface area contributed by atoms with Crippen molar-refractivity contribution in [3.8, 4) is 11.6 Å². The average Bonchev–Trinajstić information content (AvgIpc) is 2.47. The molecule has 0 aliphatic carbocycles. The lowest BCUT2D eigenvalue weighted by Gasteiger charge is -2.12. The topological polar surface area (TPSA) is 93.6 Å². The Labute approximate surface area is 116 Å². The zero-order valence-corrected chi connectivity index (χ0v) is 10.4. The molecule has 0 aliphatic rings. The van der Waals surface area contributed by atoms with Gasteiger partial charge in [-0.3, -0.25) is 0 Å². The molecule has 21 heavy (non-hydrogen) atoms. The predicted molar refractivity (Wildman–Crippen MR) is 66.1 cm³/mol. The lowest BCUT2D eigenvalue weighted by atomic mass is 10.2. The van der Waals surface area contributed by atoms with Crippen LogP contribution in [0.2, 0.25) is 0 Å². The van der Waals surface area contributed by atoms with Gasteiger partial charge in [0.1, 0.15) is 11.4 Å². The summed E-state index contributed by atoms with van der Waals surface area (Å²) in [5.74, 6) is -0.818. The van der Waals surface area contributed by atoms with Crippen molar-refractivity contribution in [2.24, 2.45) is 10.9 Å². The molecule has 0 saturated carbocycles. The van der Waals surface area contributed by atoms with Crippen LogP contribution in [0.5, 0.6) is 11.6 Å². The summed E-state index contributed by atoms with van der Waals surface area (Å²) in [7, 11) is 0. The third-order valence-electron chi connectivity index (χ3n) is 2.41. The molecule has 0 unspecified atom stereocenters. The molecule has 0 fully saturated rings. The lowest BCUT2D eigenvalue weighted by molar-refractivity contribution is -0.138. The summed E-state index contributed by atoms with van der Waals surface area (Å²) in [6.45, 7) is 0. The fraction of sp³-hybridized carbons (Fsp3) is 0.0833. The minimum absolute atomic E-state index is 0.0638. The van der Waals surface area contributed by atoms with Gasteiger partial charge in [-0.2, -0.15) is 13.2 Å². The van der Waals surface area contributed by atoms with Gasteiger partial charge in [-0.25, -0.2) is 9.97 Å². The van der Waals surface area contributed by atoms with E-state index in [0.29, 0.717) is 0 Å². The Morgan fingerprint density at radius 3 is 2.48 bits per heavy atom. The van der Waals surface area contributed by atoms with Gasteiger partial charge in [0.15, 0.2) is 5.84 Å². The molecule has 0 amide bonds. The first-order chi connectivity index (χ1) is 9.91. The quantitative estimate of drug-likeness (QED) is 0.393. The highest BCUT2D eigenvalue weighted by molar-refractivity contribution is 5.94. The summed E-state index contributed by atoms with van der Waals surface area (Å²) < 4.78 is 43.4. The molecule has 0 saturated heterocycles. The van der Waals surface area contributed by atoms with Crippen molar-refractivity contribution in [2.75, 3.05) is 0 Å². The molecule has 0 atom stereocenters. The first kappa shape index (κ1) is 14.6. The molecule has 0 bridgehead atoms. The standard InChI is InChI=1S/C12H9F3N4O2/c13-12(14,15)7-3-1-2-4-9(7)21-10-6-17-8(5-18-10)11(16)19-20/h1-6,20H,(H2,16,19). The van der Waals surface area contributed by atoms with Gasteiger partial charge in [-0.15, -0.1) is 0 Å². The molecule has 6 nitrogen and oxygen atoms in total. The zero-order chi connectivity index (χ0) is 15.5. The molecule has 2 aromatic rings. The van der Waals surface area contributed by atoms with E-state index >= 15 is 0 Å². The number of halogens is 3. The predicted octanol–water partition coefficient (Wildman–Crippen LogP) is 2.38. The van der Waals surface area contributed by atoms with Gasteiger partial charge in [0.05, 0.1) is 18.0 Å². The number of para-hydroxylation sites is 1. The van der Waals surface area contributed by atoms with E-state index in [9.17, 15) is 13.2 Å². The maximum absolute atomic E-state index is 12.8. The molecule has 2 rings (SSSR count). The van der Waals surface area contributed by atoms with E-state index < -0.39 is 17.5 Å². The minimum Gasteiger partial charge on any atom is -0.437 e. The Morgan fingerprint density at radius 1 is 1.19 bits per heavy atom. The molecular weight excluding hydrogens is 289 g/mol. The number of rotatable bonds is 3. The lowest BCUT2D eigenvalue weighted by Crippen LogP contribution is -2.15. The van der Waals surface area contributed by atoms with Crippen molar-refractivity contribution >= 4 is 5.84 Å². The van der Waals surface area contributed by atoms with Crippen LogP contribution in [-0.2, 0) is 6.18 Å². The Balaban J connectivity index is 2.27. The van der Waals surface area contributed by atoms with Crippen LogP contribution >= 0.6 is 0 Å². The van der Waals surface area contributed by atoms with E-state index in [1.807, 2.05) is 0 Å². The minimum atomic E-state index is -4.54. The highest BCUT2D eigenvalue weighted by atomic mass is 19.4. The second-order valence-corrected chi connectivity index (χ2v) is 3.82. The van der Waals surface area contributed by atoms with Gasteiger partial charge in [0.25, 0.3) is 0 Å². The van der Waals surface area contributed by atoms with Gasteiger partial charge in [0, 0.05) is 0 Å². The average molecular weight is 298 g/mol. The van der Waals surface area contributed by atoms with Crippen molar-refractivity contribution in [1.82, 2.24) is 9.97 Å². The van der Waals surface area contributed by atoms with Crippen LogP contribution in [0.1, 0.15) is 11.3 Å². The zero-order valence-electron chi connectivity index (χ0n) is 10.4. The van der Waals surface area contributed by atoms with E-state index in [4.69, 9.17) is 15.7 Å². The number of nitrogens with two attached hydrogens (primary N) is 1. The number of hydrogen-bond donors (Lipinski definition) is 2. The highest BCUT2D eigenvalue weighted by Gasteiger charge is 2.34. The Morgan fingerprint density at radius 2 is 1.90 bits per heavy atom. The second kappa shape index (κ2) is 5.65. The number of aromatic nitrogens is 2. The molecule has 1 heterocycles. The fourth-order valence-corrected chi connectivity index (χ4v) is 1.45. The van der Waals surface area contributed by atoms with Crippen molar-refractivity contribution in [2.45, 2.75) is 6.18 Å². The number of hydrogen-bond acceptors (Lipinski definition) is 5. The maximum atomic E-state index is 12.8. The summed E-state index contributed by atoms with van der Waals surface area (Å²) in [4.78, 5) is 7.50. The summed E-state index contributed by atoms with van der Waals surface area (Å²) in [6, 6.07) is 4.72. The molecule has 0 spiro atoms. The number of benzene rings is 1.